The SMILES string of the molecule is O=C(NCCCn1cccn1)C1CN(C(=O)c2cccs2)Cc2cccnc21. The van der Waals surface area contributed by atoms with Crippen molar-refractivity contribution in [3.05, 3.63) is 70.4 Å². The van der Waals surface area contributed by atoms with E-state index in [1.807, 2.05) is 46.6 Å². The molecule has 8 heteroatoms. The average molecular weight is 395 g/mol. The molecule has 4 rings (SSSR count). The third-order valence-corrected chi connectivity index (χ3v) is 5.64. The zero-order valence-corrected chi connectivity index (χ0v) is 16.1. The summed E-state index contributed by atoms with van der Waals surface area (Å²) in [5.41, 5.74) is 1.69. The van der Waals surface area contributed by atoms with Crippen LogP contribution in [0.5, 0.6) is 0 Å². The first-order valence-electron chi connectivity index (χ1n) is 9.24. The monoisotopic (exact) mass is 395 g/mol. The summed E-state index contributed by atoms with van der Waals surface area (Å²) in [5, 5.41) is 9.04. The molecule has 1 atom stereocenters. The van der Waals surface area contributed by atoms with E-state index in [1.54, 1.807) is 17.3 Å². The van der Waals surface area contributed by atoms with E-state index in [4.69, 9.17) is 0 Å². The summed E-state index contributed by atoms with van der Waals surface area (Å²) >= 11 is 1.42. The molecule has 3 aromatic heterocycles. The minimum Gasteiger partial charge on any atom is -0.355 e. The van der Waals surface area contributed by atoms with Crippen LogP contribution >= 0.6 is 11.3 Å². The summed E-state index contributed by atoms with van der Waals surface area (Å²) in [4.78, 5) is 32.5. The third kappa shape index (κ3) is 3.96. The number of rotatable bonds is 6. The highest BCUT2D eigenvalue weighted by molar-refractivity contribution is 7.12. The number of nitrogens with one attached hydrogen (secondary N) is 1. The summed E-state index contributed by atoms with van der Waals surface area (Å²) in [6, 6.07) is 9.34. The fourth-order valence-electron chi connectivity index (χ4n) is 3.40. The van der Waals surface area contributed by atoms with Crippen molar-refractivity contribution in [1.29, 1.82) is 0 Å². The molecular formula is C20H21N5O2S. The van der Waals surface area contributed by atoms with Gasteiger partial charge in [-0.2, -0.15) is 5.10 Å². The van der Waals surface area contributed by atoms with Crippen molar-refractivity contribution in [1.82, 2.24) is 25.0 Å². The lowest BCUT2D eigenvalue weighted by Gasteiger charge is -2.33. The normalized spacial score (nSPS) is 15.9. The van der Waals surface area contributed by atoms with Gasteiger partial charge < -0.3 is 10.2 Å². The molecule has 0 bridgehead atoms. The molecule has 1 N–H and O–H groups in total. The summed E-state index contributed by atoms with van der Waals surface area (Å²) in [6.45, 7) is 2.11. The van der Waals surface area contributed by atoms with Crippen LogP contribution in [0.15, 0.2) is 54.3 Å². The van der Waals surface area contributed by atoms with E-state index in [1.165, 1.54) is 11.3 Å². The van der Waals surface area contributed by atoms with Crippen molar-refractivity contribution >= 4 is 23.2 Å². The number of hydrogen-bond donors (Lipinski definition) is 1. The van der Waals surface area contributed by atoms with Gasteiger partial charge in [0.05, 0.1) is 16.5 Å². The largest absolute Gasteiger partial charge is 0.355 e. The van der Waals surface area contributed by atoms with Crippen LogP contribution in [0.4, 0.5) is 0 Å². The molecule has 0 fully saturated rings. The molecule has 0 saturated heterocycles. The van der Waals surface area contributed by atoms with Crippen molar-refractivity contribution in [2.75, 3.05) is 13.1 Å². The van der Waals surface area contributed by atoms with Crippen molar-refractivity contribution in [2.24, 2.45) is 0 Å². The molecule has 4 heterocycles. The number of carbonyl (C=O) groups is 2. The maximum Gasteiger partial charge on any atom is 0.264 e. The highest BCUT2D eigenvalue weighted by Crippen LogP contribution is 2.28. The Hall–Kier alpha value is -3.00. The quantitative estimate of drug-likeness (QED) is 0.650. The second-order valence-electron chi connectivity index (χ2n) is 6.68. The number of nitrogens with zero attached hydrogens (tertiary/aromatic N) is 4. The second kappa shape index (κ2) is 8.35. The first-order chi connectivity index (χ1) is 13.7. The van der Waals surface area contributed by atoms with Gasteiger partial charge in [-0.15, -0.1) is 11.3 Å². The van der Waals surface area contributed by atoms with Crippen molar-refractivity contribution in [3.8, 4) is 0 Å². The van der Waals surface area contributed by atoms with Crippen LogP contribution in [-0.4, -0.2) is 44.6 Å². The van der Waals surface area contributed by atoms with Crippen LogP contribution in [0.1, 0.15) is 33.3 Å². The molecule has 2 amide bonds. The number of pyridine rings is 1. The summed E-state index contributed by atoms with van der Waals surface area (Å²) in [5.74, 6) is -0.594. The van der Waals surface area contributed by atoms with Crippen LogP contribution in [0.2, 0.25) is 0 Å². The van der Waals surface area contributed by atoms with Gasteiger partial charge in [0.2, 0.25) is 5.91 Å². The highest BCUT2D eigenvalue weighted by Gasteiger charge is 2.34. The summed E-state index contributed by atoms with van der Waals surface area (Å²) < 4.78 is 1.84. The minimum atomic E-state index is -0.460. The molecule has 0 aromatic carbocycles. The van der Waals surface area contributed by atoms with E-state index in [0.717, 1.165) is 24.2 Å². The van der Waals surface area contributed by atoms with Crippen molar-refractivity contribution < 1.29 is 9.59 Å². The molecule has 1 aliphatic rings. The molecule has 28 heavy (non-hydrogen) atoms. The third-order valence-electron chi connectivity index (χ3n) is 4.78. The molecular weight excluding hydrogens is 374 g/mol. The Morgan fingerprint density at radius 2 is 2.14 bits per heavy atom. The van der Waals surface area contributed by atoms with Gasteiger partial charge in [-0.05, 0) is 35.6 Å². The van der Waals surface area contributed by atoms with Gasteiger partial charge in [-0.1, -0.05) is 12.1 Å². The molecule has 1 unspecified atom stereocenters. The number of thiophene rings is 1. The van der Waals surface area contributed by atoms with Gasteiger partial charge in [0.1, 0.15) is 0 Å². The smallest absolute Gasteiger partial charge is 0.264 e. The molecule has 0 saturated carbocycles. The number of hydrogen-bond acceptors (Lipinski definition) is 5. The average Bonchev–Trinajstić information content (AvgIpc) is 3.44. The molecule has 0 spiro atoms. The van der Waals surface area contributed by atoms with Crippen LogP contribution in [0, 0.1) is 0 Å². The maximum atomic E-state index is 12.9. The first-order valence-corrected chi connectivity index (χ1v) is 10.1. The Morgan fingerprint density at radius 1 is 1.21 bits per heavy atom. The standard InChI is InChI=1S/C20H21N5O2S/c26-19(22-8-3-10-25-11-4-9-23-25)16-14-24(20(27)17-6-2-12-28-17)13-15-5-1-7-21-18(15)16/h1-2,4-7,9,11-12,16H,3,8,10,13-14H2,(H,22,26). The number of carbonyl (C=O) groups excluding carboxylic acids is 2. The molecule has 144 valence electrons. The van der Waals surface area contributed by atoms with Gasteiger partial charge in [0.15, 0.2) is 0 Å². The number of aromatic nitrogens is 3. The zero-order valence-electron chi connectivity index (χ0n) is 15.3. The number of aryl methyl sites for hydroxylation is 1. The first kappa shape index (κ1) is 18.4. The van der Waals surface area contributed by atoms with E-state index in [9.17, 15) is 9.59 Å². The Labute approximate surface area is 167 Å². The Balaban J connectivity index is 1.43. The zero-order chi connectivity index (χ0) is 19.3. The number of amides is 2. The van der Waals surface area contributed by atoms with Crippen LogP contribution in [-0.2, 0) is 17.9 Å². The van der Waals surface area contributed by atoms with E-state index >= 15 is 0 Å². The minimum absolute atomic E-state index is 0.0408. The van der Waals surface area contributed by atoms with Crippen molar-refractivity contribution in [3.63, 3.8) is 0 Å². The molecule has 7 nitrogen and oxygen atoms in total. The van der Waals surface area contributed by atoms with Gasteiger partial charge >= 0.3 is 0 Å². The fraction of sp³-hybridized carbons (Fsp3) is 0.300. The lowest BCUT2D eigenvalue weighted by atomic mass is 9.93. The Kier molecular flexibility index (Phi) is 5.48. The van der Waals surface area contributed by atoms with E-state index in [-0.39, 0.29) is 11.8 Å². The van der Waals surface area contributed by atoms with Crippen LogP contribution in [0.25, 0.3) is 0 Å². The highest BCUT2D eigenvalue weighted by atomic mass is 32.1. The lowest BCUT2D eigenvalue weighted by Crippen LogP contribution is -2.44. The van der Waals surface area contributed by atoms with E-state index in [0.29, 0.717) is 24.5 Å². The van der Waals surface area contributed by atoms with E-state index in [2.05, 4.69) is 15.4 Å². The second-order valence-corrected chi connectivity index (χ2v) is 7.62. The van der Waals surface area contributed by atoms with Gasteiger partial charge in [-0.25, -0.2) is 0 Å². The van der Waals surface area contributed by atoms with Gasteiger partial charge in [-0.3, -0.25) is 19.3 Å². The topological polar surface area (TPSA) is 80.1 Å². The van der Waals surface area contributed by atoms with Gasteiger partial charge in [0.25, 0.3) is 5.91 Å². The van der Waals surface area contributed by atoms with Crippen molar-refractivity contribution in [2.45, 2.75) is 25.4 Å². The number of fused-ring (bicyclic) bond motifs is 1. The summed E-state index contributed by atoms with van der Waals surface area (Å²) in [6.07, 6.45) is 6.13. The lowest BCUT2D eigenvalue weighted by molar-refractivity contribution is -0.123. The van der Waals surface area contributed by atoms with Crippen LogP contribution in [0.3, 0.4) is 0 Å². The Bertz CT molecular complexity index is 939. The van der Waals surface area contributed by atoms with E-state index < -0.39 is 5.92 Å². The Morgan fingerprint density at radius 3 is 2.93 bits per heavy atom. The molecule has 0 radical (unpaired) electrons. The van der Waals surface area contributed by atoms with Gasteiger partial charge in [0, 0.05) is 44.8 Å². The summed E-state index contributed by atoms with van der Waals surface area (Å²) in [7, 11) is 0. The van der Waals surface area contributed by atoms with Crippen LogP contribution < -0.4 is 5.32 Å². The fourth-order valence-corrected chi connectivity index (χ4v) is 4.09. The molecule has 3 aromatic rings. The predicted octanol–water partition coefficient (Wildman–Crippen LogP) is 2.29. The molecule has 0 aliphatic carbocycles. The predicted molar refractivity (Wildman–Crippen MR) is 106 cm³/mol. The molecule has 1 aliphatic heterocycles. The maximum absolute atomic E-state index is 12.9.